The van der Waals surface area contributed by atoms with Gasteiger partial charge in [0.1, 0.15) is 0 Å². The van der Waals surface area contributed by atoms with Crippen molar-refractivity contribution in [2.75, 3.05) is 0 Å². The van der Waals surface area contributed by atoms with Gasteiger partial charge in [0.05, 0.1) is 0 Å². The van der Waals surface area contributed by atoms with Crippen molar-refractivity contribution in [2.24, 2.45) is 0 Å². The van der Waals surface area contributed by atoms with E-state index in [2.05, 4.69) is 19.7 Å². The van der Waals surface area contributed by atoms with Crippen LogP contribution in [0.2, 0.25) is 0 Å². The van der Waals surface area contributed by atoms with Gasteiger partial charge in [0, 0.05) is 6.21 Å². The van der Waals surface area contributed by atoms with Crippen LogP contribution >= 0.6 is 0 Å². The van der Waals surface area contributed by atoms with Gasteiger partial charge >= 0.3 is 0 Å². The number of hydrogen-bond donors (Lipinski definition) is 1. The van der Waals surface area contributed by atoms with Crippen molar-refractivity contribution < 1.29 is 0 Å². The van der Waals surface area contributed by atoms with Crippen molar-refractivity contribution in [1.82, 2.24) is 0 Å². The summed E-state index contributed by atoms with van der Waals surface area (Å²) in [6.45, 7) is 10.6. The molecule has 0 aromatic carbocycles. The first-order valence-electron chi connectivity index (χ1n) is 2.23. The maximum Gasteiger partial charge on any atom is 0.0250 e. The molecule has 0 fully saturated rings. The van der Waals surface area contributed by atoms with Gasteiger partial charge < -0.3 is 5.41 Å². The van der Waals surface area contributed by atoms with Crippen LogP contribution in [0.25, 0.3) is 0 Å². The molecule has 0 saturated heterocycles. The van der Waals surface area contributed by atoms with Gasteiger partial charge in [0.15, 0.2) is 0 Å². The lowest BCUT2D eigenvalue weighted by molar-refractivity contribution is 1.54. The SMILES string of the molecule is C=CC(=C)C(=C)C=N. The van der Waals surface area contributed by atoms with Crippen molar-refractivity contribution in [3.05, 3.63) is 37.0 Å². The van der Waals surface area contributed by atoms with Gasteiger partial charge in [-0.1, -0.05) is 25.8 Å². The predicted molar refractivity (Wildman–Crippen MR) is 37.3 cm³/mol. The Morgan fingerprint density at radius 3 is 1.88 bits per heavy atom. The number of allylic oxidation sites excluding steroid dienone is 3. The van der Waals surface area contributed by atoms with Gasteiger partial charge in [0.25, 0.3) is 0 Å². The van der Waals surface area contributed by atoms with Gasteiger partial charge in [-0.3, -0.25) is 0 Å². The van der Waals surface area contributed by atoms with Crippen molar-refractivity contribution >= 4 is 6.21 Å². The summed E-state index contributed by atoms with van der Waals surface area (Å²) in [6, 6.07) is 0. The summed E-state index contributed by atoms with van der Waals surface area (Å²) in [5, 5.41) is 6.71. The van der Waals surface area contributed by atoms with E-state index in [1.165, 1.54) is 0 Å². The lowest BCUT2D eigenvalue weighted by Crippen LogP contribution is -1.80. The monoisotopic (exact) mass is 107 g/mol. The molecule has 0 saturated carbocycles. The highest BCUT2D eigenvalue weighted by Crippen LogP contribution is 2.00. The molecule has 0 aliphatic carbocycles. The molecule has 0 rings (SSSR count). The minimum absolute atomic E-state index is 0.611. The van der Waals surface area contributed by atoms with Crippen LogP contribution in [-0.4, -0.2) is 6.21 Å². The molecular weight excluding hydrogens is 98.1 g/mol. The second-order valence-electron chi connectivity index (χ2n) is 1.40. The minimum Gasteiger partial charge on any atom is -0.308 e. The normalized spacial score (nSPS) is 7.50. The van der Waals surface area contributed by atoms with E-state index in [1.54, 1.807) is 6.08 Å². The first-order chi connectivity index (χ1) is 3.72. The number of hydrogen-bond acceptors (Lipinski definition) is 1. The topological polar surface area (TPSA) is 23.9 Å². The molecule has 8 heavy (non-hydrogen) atoms. The Balaban J connectivity index is 4.02. The van der Waals surface area contributed by atoms with Crippen molar-refractivity contribution in [1.29, 1.82) is 5.41 Å². The fraction of sp³-hybridized carbons (Fsp3) is 0. The first-order valence-corrected chi connectivity index (χ1v) is 2.23. The molecule has 1 nitrogen and oxygen atoms in total. The summed E-state index contributed by atoms with van der Waals surface area (Å²) in [4.78, 5) is 0. The van der Waals surface area contributed by atoms with E-state index in [4.69, 9.17) is 5.41 Å². The quantitative estimate of drug-likeness (QED) is 0.421. The molecule has 0 amide bonds. The highest BCUT2D eigenvalue weighted by atomic mass is 14.3. The molecule has 0 aliphatic heterocycles. The fourth-order valence-corrected chi connectivity index (χ4v) is 0.224. The van der Waals surface area contributed by atoms with Gasteiger partial charge in [-0.25, -0.2) is 0 Å². The van der Waals surface area contributed by atoms with Crippen LogP contribution in [0.15, 0.2) is 37.0 Å². The molecule has 0 aliphatic rings. The summed E-state index contributed by atoms with van der Waals surface area (Å²) >= 11 is 0. The Morgan fingerprint density at radius 2 is 1.75 bits per heavy atom. The van der Waals surface area contributed by atoms with Crippen molar-refractivity contribution in [3.63, 3.8) is 0 Å². The molecule has 0 unspecified atom stereocenters. The summed E-state index contributed by atoms with van der Waals surface area (Å²) in [6.07, 6.45) is 2.73. The lowest BCUT2D eigenvalue weighted by Gasteiger charge is -1.91. The van der Waals surface area contributed by atoms with Crippen LogP contribution in [-0.2, 0) is 0 Å². The highest BCUT2D eigenvalue weighted by molar-refractivity contribution is 5.82. The van der Waals surface area contributed by atoms with Crippen LogP contribution < -0.4 is 0 Å². The zero-order valence-electron chi connectivity index (χ0n) is 4.78. The standard InChI is InChI=1S/C7H9N/c1-4-6(2)7(3)5-8/h4-5,8H,1-3H2. The van der Waals surface area contributed by atoms with E-state index in [-0.39, 0.29) is 0 Å². The summed E-state index contributed by atoms with van der Waals surface area (Å²) in [5.41, 5.74) is 1.32. The van der Waals surface area contributed by atoms with E-state index in [0.717, 1.165) is 6.21 Å². The summed E-state index contributed by atoms with van der Waals surface area (Å²) < 4.78 is 0. The van der Waals surface area contributed by atoms with Crippen LogP contribution in [0, 0.1) is 5.41 Å². The largest absolute Gasteiger partial charge is 0.308 e. The van der Waals surface area contributed by atoms with Gasteiger partial charge in [0.2, 0.25) is 0 Å². The minimum atomic E-state index is 0.611. The van der Waals surface area contributed by atoms with Crippen LogP contribution in [0.5, 0.6) is 0 Å². The zero-order chi connectivity index (χ0) is 6.57. The average Bonchev–Trinajstić information content (AvgIpc) is 1.84. The van der Waals surface area contributed by atoms with Gasteiger partial charge in [-0.2, -0.15) is 0 Å². The maximum atomic E-state index is 6.71. The molecule has 0 aromatic heterocycles. The van der Waals surface area contributed by atoms with Gasteiger partial charge in [-0.15, -0.1) is 0 Å². The van der Waals surface area contributed by atoms with E-state index in [1.807, 2.05) is 0 Å². The van der Waals surface area contributed by atoms with E-state index in [9.17, 15) is 0 Å². The lowest BCUT2D eigenvalue weighted by atomic mass is 10.1. The predicted octanol–water partition coefficient (Wildman–Crippen LogP) is 1.93. The Kier molecular flexibility index (Phi) is 2.56. The maximum absolute atomic E-state index is 6.71. The third kappa shape index (κ3) is 1.56. The van der Waals surface area contributed by atoms with E-state index < -0.39 is 0 Å². The third-order valence-corrected chi connectivity index (χ3v) is 0.833. The smallest absolute Gasteiger partial charge is 0.0250 e. The molecule has 0 bridgehead atoms. The fourth-order valence-electron chi connectivity index (χ4n) is 0.224. The Hall–Kier alpha value is -1.11. The van der Waals surface area contributed by atoms with Crippen molar-refractivity contribution in [3.8, 4) is 0 Å². The second-order valence-corrected chi connectivity index (χ2v) is 1.40. The molecule has 0 atom stereocenters. The van der Waals surface area contributed by atoms with E-state index >= 15 is 0 Å². The number of rotatable bonds is 3. The zero-order valence-corrected chi connectivity index (χ0v) is 4.78. The van der Waals surface area contributed by atoms with Crippen LogP contribution in [0.1, 0.15) is 0 Å². The molecule has 1 heteroatoms. The first kappa shape index (κ1) is 6.89. The molecule has 1 N–H and O–H groups in total. The average molecular weight is 107 g/mol. The Labute approximate surface area is 49.5 Å². The van der Waals surface area contributed by atoms with Gasteiger partial charge in [-0.05, 0) is 11.1 Å². The molecule has 0 radical (unpaired) electrons. The molecule has 0 aromatic rings. The molecule has 42 valence electrons. The van der Waals surface area contributed by atoms with Crippen LogP contribution in [0.4, 0.5) is 0 Å². The Morgan fingerprint density at radius 1 is 1.25 bits per heavy atom. The summed E-state index contributed by atoms with van der Waals surface area (Å²) in [5.74, 6) is 0. The number of nitrogens with one attached hydrogen (secondary N) is 1. The second kappa shape index (κ2) is 2.97. The Bertz CT molecular complexity index is 124. The molecule has 0 spiro atoms. The van der Waals surface area contributed by atoms with Crippen LogP contribution in [0.3, 0.4) is 0 Å². The van der Waals surface area contributed by atoms with E-state index in [0.29, 0.717) is 11.1 Å². The highest BCUT2D eigenvalue weighted by Gasteiger charge is 1.86. The summed E-state index contributed by atoms with van der Waals surface area (Å²) in [7, 11) is 0. The third-order valence-electron chi connectivity index (χ3n) is 0.833. The molecular formula is C7H9N. The molecule has 0 heterocycles. The van der Waals surface area contributed by atoms with Crippen molar-refractivity contribution in [2.45, 2.75) is 0 Å².